The number of hydrogen-bond donors (Lipinski definition) is 0. The van der Waals surface area contributed by atoms with Gasteiger partial charge < -0.3 is 9.80 Å². The van der Waals surface area contributed by atoms with Crippen molar-refractivity contribution < 1.29 is 0 Å². The van der Waals surface area contributed by atoms with E-state index in [1.165, 1.54) is 58.5 Å². The zero-order valence-corrected chi connectivity index (χ0v) is 13.3. The molecule has 0 atom stereocenters. The van der Waals surface area contributed by atoms with Crippen molar-refractivity contribution in [2.24, 2.45) is 11.3 Å². The van der Waals surface area contributed by atoms with E-state index in [-0.39, 0.29) is 0 Å². The van der Waals surface area contributed by atoms with Crippen molar-refractivity contribution in [1.29, 1.82) is 0 Å². The van der Waals surface area contributed by atoms with Crippen molar-refractivity contribution >= 4 is 0 Å². The molecular weight excluding hydrogens is 220 g/mol. The molecular formula is C16H34N2. The van der Waals surface area contributed by atoms with E-state index in [1.807, 2.05) is 13.8 Å². The van der Waals surface area contributed by atoms with Gasteiger partial charge in [0.25, 0.3) is 0 Å². The van der Waals surface area contributed by atoms with E-state index in [1.54, 1.807) is 0 Å². The van der Waals surface area contributed by atoms with E-state index in [0.29, 0.717) is 0 Å². The second kappa shape index (κ2) is 7.49. The lowest BCUT2D eigenvalue weighted by atomic mass is 9.72. The van der Waals surface area contributed by atoms with Crippen LogP contribution in [0.15, 0.2) is 0 Å². The Morgan fingerprint density at radius 1 is 1.00 bits per heavy atom. The molecule has 18 heavy (non-hydrogen) atoms. The van der Waals surface area contributed by atoms with Crippen LogP contribution in [0.4, 0.5) is 0 Å². The van der Waals surface area contributed by atoms with Crippen molar-refractivity contribution in [3.63, 3.8) is 0 Å². The highest BCUT2D eigenvalue weighted by molar-refractivity contribution is 4.97. The second-order valence-corrected chi connectivity index (χ2v) is 6.41. The summed E-state index contributed by atoms with van der Waals surface area (Å²) < 4.78 is 0. The molecule has 0 radical (unpaired) electrons. The van der Waals surface area contributed by atoms with E-state index in [0.717, 1.165) is 11.3 Å². The SMILES string of the molecule is CC.CCCN1CC2(CCN(CC(C)C)CC2)C1. The molecule has 2 aliphatic heterocycles. The average Bonchev–Trinajstić information content (AvgIpc) is 2.32. The quantitative estimate of drug-likeness (QED) is 0.758. The summed E-state index contributed by atoms with van der Waals surface area (Å²) >= 11 is 0. The third-order valence-electron chi connectivity index (χ3n) is 4.20. The van der Waals surface area contributed by atoms with E-state index >= 15 is 0 Å². The monoisotopic (exact) mass is 254 g/mol. The Hall–Kier alpha value is -0.0800. The molecule has 2 saturated heterocycles. The molecule has 0 saturated carbocycles. The summed E-state index contributed by atoms with van der Waals surface area (Å²) in [7, 11) is 0. The van der Waals surface area contributed by atoms with Gasteiger partial charge in [0.05, 0.1) is 0 Å². The summed E-state index contributed by atoms with van der Waals surface area (Å²) in [4.78, 5) is 5.30. The number of hydrogen-bond acceptors (Lipinski definition) is 2. The summed E-state index contributed by atoms with van der Waals surface area (Å²) in [5, 5.41) is 0. The lowest BCUT2D eigenvalue weighted by Crippen LogP contribution is -2.60. The molecule has 2 heterocycles. The summed E-state index contributed by atoms with van der Waals surface area (Å²) in [6.45, 7) is 19.0. The van der Waals surface area contributed by atoms with Gasteiger partial charge in [0.1, 0.15) is 0 Å². The van der Waals surface area contributed by atoms with Crippen molar-refractivity contribution in [1.82, 2.24) is 9.80 Å². The first-order valence-electron chi connectivity index (χ1n) is 8.08. The summed E-state index contributed by atoms with van der Waals surface area (Å²) in [6, 6.07) is 0. The minimum absolute atomic E-state index is 0.725. The maximum absolute atomic E-state index is 2.67. The topological polar surface area (TPSA) is 6.48 Å². The number of rotatable bonds is 4. The summed E-state index contributed by atoms with van der Waals surface area (Å²) in [6.07, 6.45) is 4.20. The lowest BCUT2D eigenvalue weighted by molar-refractivity contribution is -0.0474. The van der Waals surface area contributed by atoms with Gasteiger partial charge in [-0.05, 0) is 50.2 Å². The Balaban J connectivity index is 0.000000771. The van der Waals surface area contributed by atoms with Gasteiger partial charge in [-0.3, -0.25) is 0 Å². The van der Waals surface area contributed by atoms with Crippen LogP contribution in [0.3, 0.4) is 0 Å². The van der Waals surface area contributed by atoms with Gasteiger partial charge in [-0.15, -0.1) is 0 Å². The molecule has 0 aromatic rings. The highest BCUT2D eigenvalue weighted by Crippen LogP contribution is 2.40. The molecule has 0 bridgehead atoms. The third kappa shape index (κ3) is 4.24. The predicted molar refractivity (Wildman–Crippen MR) is 81.0 cm³/mol. The molecule has 2 nitrogen and oxygen atoms in total. The van der Waals surface area contributed by atoms with Crippen LogP contribution in [0.1, 0.15) is 53.9 Å². The summed E-state index contributed by atoms with van der Waals surface area (Å²) in [5.74, 6) is 0.826. The highest BCUT2D eigenvalue weighted by Gasteiger charge is 2.43. The van der Waals surface area contributed by atoms with Gasteiger partial charge in [0.15, 0.2) is 0 Å². The molecule has 0 aromatic carbocycles. The fourth-order valence-electron chi connectivity index (χ4n) is 3.42. The van der Waals surface area contributed by atoms with Crippen LogP contribution in [0.25, 0.3) is 0 Å². The third-order valence-corrected chi connectivity index (χ3v) is 4.20. The van der Waals surface area contributed by atoms with Crippen LogP contribution in [-0.4, -0.2) is 49.1 Å². The van der Waals surface area contributed by atoms with Crippen LogP contribution in [0.2, 0.25) is 0 Å². The highest BCUT2D eigenvalue weighted by atomic mass is 15.2. The molecule has 108 valence electrons. The maximum Gasteiger partial charge on any atom is 0.00514 e. The van der Waals surface area contributed by atoms with Gasteiger partial charge >= 0.3 is 0 Å². The average molecular weight is 254 g/mol. The van der Waals surface area contributed by atoms with Gasteiger partial charge in [0.2, 0.25) is 0 Å². The predicted octanol–water partition coefficient (Wildman–Crippen LogP) is 3.48. The van der Waals surface area contributed by atoms with Crippen molar-refractivity contribution in [3.8, 4) is 0 Å². The van der Waals surface area contributed by atoms with Gasteiger partial charge in [-0.2, -0.15) is 0 Å². The molecule has 0 aliphatic carbocycles. The Labute approximate surface area is 115 Å². The fraction of sp³-hybridized carbons (Fsp3) is 1.00. The van der Waals surface area contributed by atoms with Crippen LogP contribution >= 0.6 is 0 Å². The maximum atomic E-state index is 2.67. The molecule has 2 fully saturated rings. The first-order chi connectivity index (χ1) is 8.63. The normalized spacial score (nSPS) is 23.7. The zero-order chi connectivity index (χ0) is 13.6. The minimum Gasteiger partial charge on any atom is -0.303 e. The van der Waals surface area contributed by atoms with Crippen molar-refractivity contribution in [2.75, 3.05) is 39.3 Å². The van der Waals surface area contributed by atoms with Crippen LogP contribution in [0.5, 0.6) is 0 Å². The number of piperidine rings is 1. The standard InChI is InChI=1S/C14H28N2.C2H6/c1-4-7-16-11-14(12-16)5-8-15(9-6-14)10-13(2)3;1-2/h13H,4-12H2,1-3H3;1-2H3. The number of likely N-dealkylation sites (tertiary alicyclic amines) is 2. The number of nitrogens with zero attached hydrogens (tertiary/aromatic N) is 2. The van der Waals surface area contributed by atoms with Crippen LogP contribution in [-0.2, 0) is 0 Å². The molecule has 0 aromatic heterocycles. The van der Waals surface area contributed by atoms with Crippen LogP contribution < -0.4 is 0 Å². The molecule has 0 amide bonds. The van der Waals surface area contributed by atoms with E-state index in [4.69, 9.17) is 0 Å². The molecule has 0 unspecified atom stereocenters. The molecule has 2 rings (SSSR count). The lowest BCUT2D eigenvalue weighted by Gasteiger charge is -2.54. The molecule has 2 aliphatic rings. The van der Waals surface area contributed by atoms with Gasteiger partial charge in [-0.1, -0.05) is 34.6 Å². The Bertz CT molecular complexity index is 209. The van der Waals surface area contributed by atoms with E-state index in [2.05, 4.69) is 30.6 Å². The van der Waals surface area contributed by atoms with E-state index < -0.39 is 0 Å². The molecule has 0 N–H and O–H groups in total. The Morgan fingerprint density at radius 2 is 1.56 bits per heavy atom. The summed E-state index contributed by atoms with van der Waals surface area (Å²) in [5.41, 5.74) is 0.725. The Kier molecular flexibility index (Phi) is 6.65. The smallest absolute Gasteiger partial charge is 0.00514 e. The minimum atomic E-state index is 0.725. The first-order valence-corrected chi connectivity index (χ1v) is 8.08. The first kappa shape index (κ1) is 16.0. The van der Waals surface area contributed by atoms with Crippen molar-refractivity contribution in [2.45, 2.75) is 53.9 Å². The largest absolute Gasteiger partial charge is 0.303 e. The Morgan fingerprint density at radius 3 is 2.00 bits per heavy atom. The van der Waals surface area contributed by atoms with E-state index in [9.17, 15) is 0 Å². The second-order valence-electron chi connectivity index (χ2n) is 6.41. The fourth-order valence-corrected chi connectivity index (χ4v) is 3.42. The van der Waals surface area contributed by atoms with Gasteiger partial charge in [0, 0.05) is 19.6 Å². The molecule has 2 heteroatoms. The van der Waals surface area contributed by atoms with Crippen LogP contribution in [0, 0.1) is 11.3 Å². The zero-order valence-electron chi connectivity index (χ0n) is 13.3. The van der Waals surface area contributed by atoms with Gasteiger partial charge in [-0.25, -0.2) is 0 Å². The van der Waals surface area contributed by atoms with Crippen molar-refractivity contribution in [3.05, 3.63) is 0 Å². The molecule has 1 spiro atoms.